The molecule has 0 aromatic carbocycles. The Labute approximate surface area is 110 Å². The fraction of sp³-hybridized carbons (Fsp3) is 0.583. The van der Waals surface area contributed by atoms with Crippen molar-refractivity contribution in [3.8, 4) is 0 Å². The largest absolute Gasteiger partial charge is 0.345 e. The summed E-state index contributed by atoms with van der Waals surface area (Å²) < 4.78 is 0. The zero-order chi connectivity index (χ0) is 12.3. The first kappa shape index (κ1) is 13.7. The molecule has 1 N–H and O–H groups in total. The zero-order valence-electron chi connectivity index (χ0n) is 10.1. The summed E-state index contributed by atoms with van der Waals surface area (Å²) in [6.07, 6.45) is 0.982. The van der Waals surface area contributed by atoms with Gasteiger partial charge in [0.1, 0.15) is 0 Å². The lowest BCUT2D eigenvalue weighted by atomic mass is 10.0. The van der Waals surface area contributed by atoms with Crippen LogP contribution in [0.3, 0.4) is 0 Å². The second-order valence-electron chi connectivity index (χ2n) is 4.41. The lowest BCUT2D eigenvalue weighted by Gasteiger charge is -2.28. The van der Waals surface area contributed by atoms with Crippen LogP contribution in [0.1, 0.15) is 42.2 Å². The van der Waals surface area contributed by atoms with E-state index in [1.54, 1.807) is 11.3 Å². The maximum atomic E-state index is 12.0. The van der Waals surface area contributed by atoms with Crippen LogP contribution in [0.25, 0.3) is 0 Å². The minimum absolute atomic E-state index is 0.0148. The van der Waals surface area contributed by atoms with Crippen molar-refractivity contribution in [2.24, 2.45) is 0 Å². The van der Waals surface area contributed by atoms with Crippen LogP contribution in [0.2, 0.25) is 0 Å². The van der Waals surface area contributed by atoms with Crippen molar-refractivity contribution in [2.75, 3.05) is 0 Å². The van der Waals surface area contributed by atoms with Crippen LogP contribution < -0.4 is 5.32 Å². The van der Waals surface area contributed by atoms with Gasteiger partial charge >= 0.3 is 0 Å². The Balaban J connectivity index is 2.72. The van der Waals surface area contributed by atoms with E-state index in [-0.39, 0.29) is 16.3 Å². The van der Waals surface area contributed by atoms with E-state index in [2.05, 4.69) is 28.2 Å². The van der Waals surface area contributed by atoms with Crippen LogP contribution >= 0.6 is 27.3 Å². The molecule has 0 aliphatic heterocycles. The molecule has 1 unspecified atom stereocenters. The molecule has 1 aromatic heterocycles. The van der Waals surface area contributed by atoms with E-state index in [9.17, 15) is 4.79 Å². The van der Waals surface area contributed by atoms with E-state index in [1.807, 2.05) is 32.9 Å². The lowest BCUT2D eigenvalue weighted by Crippen LogP contribution is -2.48. The van der Waals surface area contributed by atoms with Gasteiger partial charge in [-0.15, -0.1) is 11.3 Å². The van der Waals surface area contributed by atoms with Gasteiger partial charge in [-0.25, -0.2) is 0 Å². The number of alkyl halides is 1. The summed E-state index contributed by atoms with van der Waals surface area (Å²) in [5.41, 5.74) is -0.243. The second-order valence-corrected chi connectivity index (χ2v) is 6.95. The molecule has 0 aliphatic carbocycles. The summed E-state index contributed by atoms with van der Waals surface area (Å²) in [6, 6.07) is 3.91. The number of hydrogen-bond acceptors (Lipinski definition) is 2. The fourth-order valence-corrected chi connectivity index (χ4v) is 2.10. The standard InChI is InChI=1S/C12H18BrNOS/c1-5-9-6-7-10(16-9)11(15)14-12(3,4)8(2)13/h6-8H,5H2,1-4H3,(H,14,15). The highest BCUT2D eigenvalue weighted by atomic mass is 79.9. The van der Waals surface area contributed by atoms with Crippen LogP contribution in [-0.2, 0) is 6.42 Å². The van der Waals surface area contributed by atoms with Crippen LogP contribution in [0.15, 0.2) is 12.1 Å². The van der Waals surface area contributed by atoms with Gasteiger partial charge in [-0.05, 0) is 32.4 Å². The molecule has 1 heterocycles. The Morgan fingerprint density at radius 2 is 2.19 bits per heavy atom. The average Bonchev–Trinajstić information content (AvgIpc) is 2.64. The Hall–Kier alpha value is -0.350. The Kier molecular flexibility index (Phi) is 4.56. The first-order chi connectivity index (χ1) is 7.36. The predicted octanol–water partition coefficient (Wildman–Crippen LogP) is 3.60. The lowest BCUT2D eigenvalue weighted by molar-refractivity contribution is 0.0918. The van der Waals surface area contributed by atoms with Gasteiger partial charge in [0.15, 0.2) is 0 Å². The molecular formula is C12H18BrNOS. The maximum absolute atomic E-state index is 12.0. The number of halogens is 1. The Morgan fingerprint density at radius 1 is 1.56 bits per heavy atom. The predicted molar refractivity (Wildman–Crippen MR) is 73.6 cm³/mol. The SMILES string of the molecule is CCc1ccc(C(=O)NC(C)(C)C(C)Br)s1. The summed E-state index contributed by atoms with van der Waals surface area (Å²) in [6.45, 7) is 8.15. The van der Waals surface area contributed by atoms with Crippen LogP contribution in [0.5, 0.6) is 0 Å². The van der Waals surface area contributed by atoms with Crippen LogP contribution in [0.4, 0.5) is 0 Å². The van der Waals surface area contributed by atoms with Gasteiger partial charge in [0.05, 0.1) is 4.88 Å². The minimum atomic E-state index is -0.243. The number of carbonyl (C=O) groups is 1. The molecule has 1 rings (SSSR count). The fourth-order valence-electron chi connectivity index (χ4n) is 1.14. The Morgan fingerprint density at radius 3 is 2.62 bits per heavy atom. The molecule has 4 heteroatoms. The van der Waals surface area contributed by atoms with Crippen molar-refractivity contribution >= 4 is 33.2 Å². The minimum Gasteiger partial charge on any atom is -0.345 e. The Bertz CT molecular complexity index is 371. The van der Waals surface area contributed by atoms with Crippen molar-refractivity contribution in [3.63, 3.8) is 0 Å². The molecule has 0 fully saturated rings. The molecule has 0 saturated heterocycles. The summed E-state index contributed by atoms with van der Waals surface area (Å²) in [5.74, 6) is 0.0148. The summed E-state index contributed by atoms with van der Waals surface area (Å²) in [4.78, 5) is 14.2. The molecule has 1 aromatic rings. The number of carbonyl (C=O) groups excluding carboxylic acids is 1. The smallest absolute Gasteiger partial charge is 0.261 e. The molecule has 0 spiro atoms. The van der Waals surface area contributed by atoms with Gasteiger partial charge in [-0.2, -0.15) is 0 Å². The van der Waals surface area contributed by atoms with Crippen LogP contribution in [-0.4, -0.2) is 16.3 Å². The van der Waals surface area contributed by atoms with Crippen LogP contribution in [0, 0.1) is 0 Å². The second kappa shape index (κ2) is 5.32. The number of hydrogen-bond donors (Lipinski definition) is 1. The first-order valence-corrected chi connectivity index (χ1v) is 7.15. The van der Waals surface area contributed by atoms with E-state index in [1.165, 1.54) is 4.88 Å². The maximum Gasteiger partial charge on any atom is 0.261 e. The van der Waals surface area contributed by atoms with Gasteiger partial charge in [-0.1, -0.05) is 29.8 Å². The van der Waals surface area contributed by atoms with E-state index in [0.717, 1.165) is 11.3 Å². The molecule has 2 nitrogen and oxygen atoms in total. The highest BCUT2D eigenvalue weighted by Crippen LogP contribution is 2.20. The normalized spacial score (nSPS) is 13.6. The summed E-state index contributed by atoms with van der Waals surface area (Å²) in [5, 5.41) is 3.03. The van der Waals surface area contributed by atoms with Gasteiger partial charge in [0.25, 0.3) is 5.91 Å². The number of rotatable bonds is 4. The quantitative estimate of drug-likeness (QED) is 0.846. The number of thiophene rings is 1. The molecule has 0 aliphatic rings. The first-order valence-electron chi connectivity index (χ1n) is 5.42. The highest BCUT2D eigenvalue weighted by molar-refractivity contribution is 9.09. The summed E-state index contributed by atoms with van der Waals surface area (Å²) in [7, 11) is 0. The molecule has 0 saturated carbocycles. The molecule has 1 amide bonds. The van der Waals surface area contributed by atoms with Gasteiger partial charge in [-0.3, -0.25) is 4.79 Å². The van der Waals surface area contributed by atoms with E-state index in [0.29, 0.717) is 0 Å². The molecular weight excluding hydrogens is 286 g/mol. The monoisotopic (exact) mass is 303 g/mol. The molecule has 16 heavy (non-hydrogen) atoms. The van der Waals surface area contributed by atoms with Crippen molar-refractivity contribution in [1.82, 2.24) is 5.32 Å². The van der Waals surface area contributed by atoms with Gasteiger partial charge < -0.3 is 5.32 Å². The third kappa shape index (κ3) is 3.32. The van der Waals surface area contributed by atoms with Crippen molar-refractivity contribution in [2.45, 2.75) is 44.5 Å². The summed E-state index contributed by atoms with van der Waals surface area (Å²) >= 11 is 5.07. The number of amides is 1. The highest BCUT2D eigenvalue weighted by Gasteiger charge is 2.26. The average molecular weight is 304 g/mol. The molecule has 0 radical (unpaired) electrons. The van der Waals surface area contributed by atoms with Crippen molar-refractivity contribution in [1.29, 1.82) is 0 Å². The van der Waals surface area contributed by atoms with Crippen molar-refractivity contribution < 1.29 is 4.79 Å². The zero-order valence-corrected chi connectivity index (χ0v) is 12.5. The van der Waals surface area contributed by atoms with Crippen molar-refractivity contribution in [3.05, 3.63) is 21.9 Å². The number of aryl methyl sites for hydroxylation is 1. The number of nitrogens with one attached hydrogen (secondary N) is 1. The van der Waals surface area contributed by atoms with E-state index >= 15 is 0 Å². The third-order valence-electron chi connectivity index (χ3n) is 2.66. The van der Waals surface area contributed by atoms with Gasteiger partial charge in [0, 0.05) is 15.2 Å². The third-order valence-corrected chi connectivity index (χ3v) is 5.04. The molecule has 90 valence electrons. The van der Waals surface area contributed by atoms with E-state index in [4.69, 9.17) is 0 Å². The molecule has 1 atom stereocenters. The van der Waals surface area contributed by atoms with E-state index < -0.39 is 0 Å². The topological polar surface area (TPSA) is 29.1 Å². The molecule has 0 bridgehead atoms. The van der Waals surface area contributed by atoms with Gasteiger partial charge in [0.2, 0.25) is 0 Å².